The molecule has 0 aliphatic carbocycles. The molecule has 0 bridgehead atoms. The predicted molar refractivity (Wildman–Crippen MR) is 86.3 cm³/mol. The monoisotopic (exact) mass is 321 g/mol. The van der Waals surface area contributed by atoms with Crippen LogP contribution in [0.2, 0.25) is 0 Å². The topological polar surface area (TPSA) is 107 Å². The highest BCUT2D eigenvalue weighted by Crippen LogP contribution is 2.21. The Labute approximate surface area is 129 Å². The molecule has 0 saturated heterocycles. The number of benzene rings is 1. The van der Waals surface area contributed by atoms with Gasteiger partial charge in [-0.3, -0.25) is 10.4 Å². The van der Waals surface area contributed by atoms with E-state index in [1.807, 2.05) is 13.0 Å². The lowest BCUT2D eigenvalue weighted by atomic mass is 10.2. The number of guanidine groups is 1. The van der Waals surface area contributed by atoms with E-state index < -0.39 is 10.0 Å². The first-order chi connectivity index (χ1) is 10.5. The summed E-state index contributed by atoms with van der Waals surface area (Å²) in [5.41, 5.74) is 0. The highest BCUT2D eigenvalue weighted by atomic mass is 32.2. The molecule has 7 nitrogen and oxygen atoms in total. The summed E-state index contributed by atoms with van der Waals surface area (Å²) in [5.74, 6) is 0.179. The molecule has 0 radical (unpaired) electrons. The van der Waals surface area contributed by atoms with Gasteiger partial charge in [0.05, 0.1) is 4.90 Å². The van der Waals surface area contributed by atoms with Crippen molar-refractivity contribution in [3.05, 3.63) is 36.7 Å². The Kier molecular flexibility index (Phi) is 5.29. The second-order valence-electron chi connectivity index (χ2n) is 4.58. The standard InChI is InChI=1S/C14H19N5O2S/c1-2-17-14(15)18-8-9-19-22(20,21)13-5-3-4-11-10-16-7-6-12(11)13/h3-7,10,19H,2,8-9H2,1H3,(H3,15,17,18). The fraction of sp³-hybridized carbons (Fsp3) is 0.286. The number of rotatable bonds is 6. The fourth-order valence-electron chi connectivity index (χ4n) is 2.02. The Morgan fingerprint density at radius 1 is 1.23 bits per heavy atom. The number of pyridine rings is 1. The molecular formula is C14H19N5O2S. The number of hydrogen-bond donors (Lipinski definition) is 4. The molecule has 0 saturated carbocycles. The van der Waals surface area contributed by atoms with Crippen molar-refractivity contribution in [1.29, 1.82) is 5.41 Å². The predicted octanol–water partition coefficient (Wildman–Crippen LogP) is 0.647. The molecule has 2 rings (SSSR count). The van der Waals surface area contributed by atoms with Gasteiger partial charge in [-0.05, 0) is 19.1 Å². The van der Waals surface area contributed by atoms with Crippen LogP contribution in [0.5, 0.6) is 0 Å². The van der Waals surface area contributed by atoms with E-state index in [0.29, 0.717) is 18.5 Å². The maximum atomic E-state index is 12.4. The van der Waals surface area contributed by atoms with Crippen molar-refractivity contribution in [3.8, 4) is 0 Å². The Hall–Kier alpha value is -2.19. The lowest BCUT2D eigenvalue weighted by molar-refractivity contribution is 0.581. The molecule has 0 atom stereocenters. The summed E-state index contributed by atoms with van der Waals surface area (Å²) in [6, 6.07) is 6.76. The lowest BCUT2D eigenvalue weighted by Crippen LogP contribution is -2.40. The van der Waals surface area contributed by atoms with Crippen molar-refractivity contribution >= 4 is 26.8 Å². The van der Waals surface area contributed by atoms with Gasteiger partial charge in [0.15, 0.2) is 5.96 Å². The SMILES string of the molecule is CCNC(=N)NCCNS(=O)(=O)c1cccc2cnccc12. The quantitative estimate of drug-likeness (QED) is 0.355. The molecular weight excluding hydrogens is 302 g/mol. The molecule has 1 aromatic heterocycles. The van der Waals surface area contributed by atoms with Crippen molar-refractivity contribution in [1.82, 2.24) is 20.3 Å². The van der Waals surface area contributed by atoms with Crippen LogP contribution >= 0.6 is 0 Å². The maximum Gasteiger partial charge on any atom is 0.241 e. The molecule has 0 amide bonds. The van der Waals surface area contributed by atoms with Gasteiger partial charge in [0.25, 0.3) is 0 Å². The number of nitrogens with zero attached hydrogens (tertiary/aromatic N) is 1. The third-order valence-corrected chi connectivity index (χ3v) is 4.52. The molecule has 1 aromatic carbocycles. The summed E-state index contributed by atoms with van der Waals surface area (Å²) < 4.78 is 27.3. The first-order valence-corrected chi connectivity index (χ1v) is 8.41. The number of aromatic nitrogens is 1. The van der Waals surface area contributed by atoms with E-state index >= 15 is 0 Å². The summed E-state index contributed by atoms with van der Waals surface area (Å²) in [6.07, 6.45) is 3.20. The van der Waals surface area contributed by atoms with Gasteiger partial charge < -0.3 is 10.6 Å². The van der Waals surface area contributed by atoms with Crippen molar-refractivity contribution in [2.24, 2.45) is 0 Å². The minimum Gasteiger partial charge on any atom is -0.357 e. The van der Waals surface area contributed by atoms with Gasteiger partial charge in [-0.25, -0.2) is 13.1 Å². The molecule has 4 N–H and O–H groups in total. The fourth-order valence-corrected chi connectivity index (χ4v) is 3.28. The zero-order chi connectivity index (χ0) is 16.0. The lowest BCUT2D eigenvalue weighted by Gasteiger charge is -2.11. The zero-order valence-electron chi connectivity index (χ0n) is 12.3. The van der Waals surface area contributed by atoms with Crippen molar-refractivity contribution < 1.29 is 8.42 Å². The molecule has 0 aliphatic heterocycles. The van der Waals surface area contributed by atoms with Crippen molar-refractivity contribution in [2.45, 2.75) is 11.8 Å². The Morgan fingerprint density at radius 2 is 2.05 bits per heavy atom. The minimum atomic E-state index is -3.61. The minimum absolute atomic E-state index is 0.179. The van der Waals surface area contributed by atoms with Crippen LogP contribution in [0.1, 0.15) is 6.92 Å². The second-order valence-corrected chi connectivity index (χ2v) is 6.32. The van der Waals surface area contributed by atoms with Crippen LogP contribution in [0.4, 0.5) is 0 Å². The second kappa shape index (κ2) is 7.19. The zero-order valence-corrected chi connectivity index (χ0v) is 13.1. The average molecular weight is 321 g/mol. The summed E-state index contributed by atoms with van der Waals surface area (Å²) in [5, 5.41) is 14.5. The van der Waals surface area contributed by atoms with Gasteiger partial charge >= 0.3 is 0 Å². The summed E-state index contributed by atoms with van der Waals surface area (Å²) in [7, 11) is -3.61. The summed E-state index contributed by atoms with van der Waals surface area (Å²) >= 11 is 0. The largest absolute Gasteiger partial charge is 0.357 e. The third kappa shape index (κ3) is 3.92. The molecule has 0 fully saturated rings. The van der Waals surface area contributed by atoms with Crippen LogP contribution in [0, 0.1) is 5.41 Å². The van der Waals surface area contributed by atoms with Gasteiger partial charge in [-0.15, -0.1) is 0 Å². The van der Waals surface area contributed by atoms with Crippen LogP contribution in [0.15, 0.2) is 41.6 Å². The summed E-state index contributed by atoms with van der Waals surface area (Å²) in [6.45, 7) is 3.05. The number of hydrogen-bond acceptors (Lipinski definition) is 4. The molecule has 2 aromatic rings. The van der Waals surface area contributed by atoms with E-state index in [1.165, 1.54) is 0 Å². The van der Waals surface area contributed by atoms with Gasteiger partial charge in [0.2, 0.25) is 10.0 Å². The molecule has 0 aliphatic rings. The normalized spacial score (nSPS) is 11.3. The van der Waals surface area contributed by atoms with Crippen molar-refractivity contribution in [3.63, 3.8) is 0 Å². The van der Waals surface area contributed by atoms with Gasteiger partial charge in [-0.1, -0.05) is 12.1 Å². The molecule has 118 valence electrons. The van der Waals surface area contributed by atoms with Crippen molar-refractivity contribution in [2.75, 3.05) is 19.6 Å². The van der Waals surface area contributed by atoms with E-state index in [0.717, 1.165) is 5.39 Å². The molecule has 0 unspecified atom stereocenters. The highest BCUT2D eigenvalue weighted by molar-refractivity contribution is 7.89. The molecule has 0 spiro atoms. The third-order valence-electron chi connectivity index (χ3n) is 3.00. The van der Waals surface area contributed by atoms with E-state index in [-0.39, 0.29) is 17.4 Å². The van der Waals surface area contributed by atoms with E-state index in [2.05, 4.69) is 20.3 Å². The average Bonchev–Trinajstić information content (AvgIpc) is 2.51. The highest BCUT2D eigenvalue weighted by Gasteiger charge is 2.16. The van der Waals surface area contributed by atoms with Crippen LogP contribution in [0.3, 0.4) is 0 Å². The number of fused-ring (bicyclic) bond motifs is 1. The number of sulfonamides is 1. The first kappa shape index (κ1) is 16.2. The van der Waals surface area contributed by atoms with E-state index in [9.17, 15) is 8.42 Å². The summed E-state index contributed by atoms with van der Waals surface area (Å²) in [4.78, 5) is 4.22. The Morgan fingerprint density at radius 3 is 2.82 bits per heavy atom. The maximum absolute atomic E-state index is 12.4. The van der Waals surface area contributed by atoms with Gasteiger partial charge in [0.1, 0.15) is 0 Å². The molecule has 22 heavy (non-hydrogen) atoms. The smallest absolute Gasteiger partial charge is 0.241 e. The van der Waals surface area contributed by atoms with E-state index in [1.54, 1.807) is 30.6 Å². The molecule has 8 heteroatoms. The number of nitrogens with one attached hydrogen (secondary N) is 4. The Balaban J connectivity index is 2.05. The van der Waals surface area contributed by atoms with E-state index in [4.69, 9.17) is 5.41 Å². The van der Waals surface area contributed by atoms with Crippen LogP contribution in [-0.4, -0.2) is 39.0 Å². The first-order valence-electron chi connectivity index (χ1n) is 6.93. The van der Waals surface area contributed by atoms with Gasteiger partial charge in [0, 0.05) is 42.8 Å². The van der Waals surface area contributed by atoms with Crippen LogP contribution in [0.25, 0.3) is 10.8 Å². The molecule has 1 heterocycles. The van der Waals surface area contributed by atoms with Gasteiger partial charge in [-0.2, -0.15) is 0 Å². The Bertz CT molecular complexity index is 755. The van der Waals surface area contributed by atoms with Crippen LogP contribution in [-0.2, 0) is 10.0 Å². The van der Waals surface area contributed by atoms with Crippen LogP contribution < -0.4 is 15.4 Å².